The Labute approximate surface area is 320 Å². The molecular weight excluding hydrogens is 784 g/mol. The number of halogens is 2. The number of rotatable bonds is 20. The summed E-state index contributed by atoms with van der Waals surface area (Å²) in [4.78, 5) is 103. The first-order valence-electron chi connectivity index (χ1n) is 17.1. The van der Waals surface area contributed by atoms with Gasteiger partial charge in [-0.1, -0.05) is 45.4 Å². The lowest BCUT2D eigenvalue weighted by Gasteiger charge is -2.31. The molecule has 17 nitrogen and oxygen atoms in total. The molecule has 5 amide bonds. The highest BCUT2D eigenvalue weighted by Gasteiger charge is 2.40. The van der Waals surface area contributed by atoms with E-state index >= 15 is 0 Å². The van der Waals surface area contributed by atoms with E-state index in [1.54, 1.807) is 32.0 Å². The molecule has 53 heavy (non-hydrogen) atoms. The van der Waals surface area contributed by atoms with Gasteiger partial charge >= 0.3 is 17.9 Å². The largest absolute Gasteiger partial charge is 0.481 e. The van der Waals surface area contributed by atoms with Crippen molar-refractivity contribution >= 4 is 75.0 Å². The molecule has 1 aromatic carbocycles. The fourth-order valence-corrected chi connectivity index (χ4v) is 6.14. The predicted molar refractivity (Wildman–Crippen MR) is 194 cm³/mol. The predicted octanol–water partition coefficient (Wildman–Crippen LogP) is 1.03. The zero-order valence-electron chi connectivity index (χ0n) is 29.9. The van der Waals surface area contributed by atoms with Gasteiger partial charge in [0, 0.05) is 23.9 Å². The molecule has 1 aliphatic heterocycles. The van der Waals surface area contributed by atoms with E-state index in [-0.39, 0.29) is 44.6 Å². The smallest absolute Gasteiger partial charge is 0.326 e. The number of hydrogen-bond donors (Lipinski definition) is 8. The summed E-state index contributed by atoms with van der Waals surface area (Å²) in [5.74, 6) is -8.51. The minimum Gasteiger partial charge on any atom is -0.481 e. The second-order valence-corrected chi connectivity index (χ2v) is 14.9. The minimum absolute atomic E-state index is 0.0809. The van der Waals surface area contributed by atoms with Gasteiger partial charge in [0.05, 0.1) is 17.5 Å². The van der Waals surface area contributed by atoms with Crippen molar-refractivity contribution in [3.8, 4) is 0 Å². The van der Waals surface area contributed by atoms with Crippen molar-refractivity contribution in [1.29, 1.82) is 0 Å². The third kappa shape index (κ3) is 14.2. The number of hydrogen-bond acceptors (Lipinski definition) is 9. The first kappa shape index (κ1) is 44.9. The van der Waals surface area contributed by atoms with E-state index in [1.165, 1.54) is 4.90 Å². The van der Waals surface area contributed by atoms with Gasteiger partial charge in [0.25, 0.3) is 0 Å². The van der Waals surface area contributed by atoms with Gasteiger partial charge in [-0.2, -0.15) is 0 Å². The number of aliphatic carboxylic acids is 3. The van der Waals surface area contributed by atoms with Crippen molar-refractivity contribution in [1.82, 2.24) is 26.2 Å². The Hall–Kier alpha value is -4.29. The highest BCUT2D eigenvalue weighted by molar-refractivity contribution is 9.10. The van der Waals surface area contributed by atoms with Gasteiger partial charge < -0.3 is 47.2 Å². The number of amides is 5. The van der Waals surface area contributed by atoms with Crippen molar-refractivity contribution in [2.75, 3.05) is 6.54 Å². The van der Waals surface area contributed by atoms with Crippen LogP contribution in [0.5, 0.6) is 0 Å². The van der Waals surface area contributed by atoms with Crippen LogP contribution in [0.1, 0.15) is 71.8 Å². The van der Waals surface area contributed by atoms with Crippen molar-refractivity contribution in [2.45, 2.75) is 109 Å². The van der Waals surface area contributed by atoms with Gasteiger partial charge in [0.15, 0.2) is 0 Å². The first-order valence-corrected chi connectivity index (χ1v) is 18.3. The van der Waals surface area contributed by atoms with E-state index < -0.39 is 96.0 Å². The first-order chi connectivity index (χ1) is 24.7. The number of nitrogens with two attached hydrogens (primary N) is 1. The Bertz CT molecular complexity index is 1540. The number of likely N-dealkylation sites (tertiary alicyclic amines) is 1. The molecule has 2 rings (SSSR count). The molecule has 1 heterocycles. The Morgan fingerprint density at radius 3 is 2.08 bits per heavy atom. The average Bonchev–Trinajstić information content (AvgIpc) is 3.56. The van der Waals surface area contributed by atoms with E-state index in [1.807, 2.05) is 13.8 Å². The number of carbonyl (C=O) groups excluding carboxylic acids is 5. The third-order valence-corrected chi connectivity index (χ3v) is 9.70. The summed E-state index contributed by atoms with van der Waals surface area (Å²) in [6.45, 7) is 7.02. The normalized spacial score (nSPS) is 16.9. The maximum atomic E-state index is 14.2. The van der Waals surface area contributed by atoms with Gasteiger partial charge in [-0.05, 0) is 71.1 Å². The lowest BCUT2D eigenvalue weighted by atomic mass is 9.98. The number of carboxylic acids is 3. The van der Waals surface area contributed by atoms with Gasteiger partial charge in [0.2, 0.25) is 29.5 Å². The fourth-order valence-electron chi connectivity index (χ4n) is 5.69. The van der Waals surface area contributed by atoms with Crippen LogP contribution in [0.15, 0.2) is 22.7 Å². The summed E-state index contributed by atoms with van der Waals surface area (Å²) in [6.07, 6.45) is -0.865. The van der Waals surface area contributed by atoms with Gasteiger partial charge in [-0.3, -0.25) is 33.6 Å². The molecule has 0 spiro atoms. The van der Waals surface area contributed by atoms with Crippen molar-refractivity contribution < 1.29 is 53.7 Å². The maximum Gasteiger partial charge on any atom is 0.326 e. The van der Waals surface area contributed by atoms with Crippen LogP contribution in [0, 0.1) is 11.8 Å². The molecule has 1 aromatic rings. The number of nitrogens with one attached hydrogen (secondary N) is 4. The zero-order valence-corrected chi connectivity index (χ0v) is 32.2. The van der Waals surface area contributed by atoms with E-state index in [9.17, 15) is 43.5 Å². The molecule has 0 radical (unpaired) electrons. The standard InChI is InChI=1S/C34H48BrClN6O11/c1-16(2)12-22(38-32(50)28(17(3)4)41-29(47)21(37)9-10-26(43)44)30(48)39-23(14-18-7-8-19(35)20(36)13-18)33(51)42-11-5-6-25(42)31(49)40-24(34(52)53)15-27(45)46/h7-8,13,16-17,21-25,28H,5-6,9-12,14-15,37H2,1-4H3,(H,38,50)(H,39,48)(H,40,49)(H,41,47)(H,43,44)(H,45,46)(H,52,53)/t21-,22-,23-,24-,25+,28-/m0/s1. The molecule has 0 saturated carbocycles. The van der Waals surface area contributed by atoms with Gasteiger partial charge in [0.1, 0.15) is 30.2 Å². The molecule has 1 fully saturated rings. The molecule has 9 N–H and O–H groups in total. The van der Waals surface area contributed by atoms with Gasteiger partial charge in [-0.25, -0.2) is 4.79 Å². The van der Waals surface area contributed by atoms with Crippen LogP contribution >= 0.6 is 27.5 Å². The molecule has 1 saturated heterocycles. The summed E-state index contributed by atoms with van der Waals surface area (Å²) < 4.78 is 0.579. The monoisotopic (exact) mass is 830 g/mol. The van der Waals surface area contributed by atoms with E-state index in [2.05, 4.69) is 37.2 Å². The maximum absolute atomic E-state index is 14.2. The van der Waals surface area contributed by atoms with Crippen LogP contribution in [-0.2, 0) is 44.8 Å². The number of benzene rings is 1. The molecular formula is C34H48BrClN6O11. The van der Waals surface area contributed by atoms with E-state index in [0.717, 1.165) is 0 Å². The van der Waals surface area contributed by atoms with Crippen LogP contribution in [0.3, 0.4) is 0 Å². The second kappa shape index (κ2) is 20.8. The lowest BCUT2D eigenvalue weighted by Crippen LogP contribution is -2.60. The Morgan fingerprint density at radius 2 is 1.53 bits per heavy atom. The molecule has 294 valence electrons. The summed E-state index contributed by atoms with van der Waals surface area (Å²) in [5, 5.41) is 37.9. The summed E-state index contributed by atoms with van der Waals surface area (Å²) in [5.41, 5.74) is 6.37. The summed E-state index contributed by atoms with van der Waals surface area (Å²) in [7, 11) is 0. The van der Waals surface area contributed by atoms with Crippen LogP contribution in [0.2, 0.25) is 5.02 Å². The van der Waals surface area contributed by atoms with Crippen molar-refractivity contribution in [3.05, 3.63) is 33.3 Å². The van der Waals surface area contributed by atoms with Gasteiger partial charge in [-0.15, -0.1) is 0 Å². The van der Waals surface area contributed by atoms with Crippen molar-refractivity contribution in [2.24, 2.45) is 17.6 Å². The second-order valence-electron chi connectivity index (χ2n) is 13.7. The quantitative estimate of drug-likeness (QED) is 0.0916. The van der Waals surface area contributed by atoms with Crippen LogP contribution in [0.25, 0.3) is 0 Å². The molecule has 0 aliphatic carbocycles. The topological polar surface area (TPSA) is 275 Å². The number of carbonyl (C=O) groups is 8. The summed E-state index contributed by atoms with van der Waals surface area (Å²) in [6, 6.07) is -2.84. The van der Waals surface area contributed by atoms with E-state index in [0.29, 0.717) is 21.5 Å². The fraction of sp³-hybridized carbons (Fsp3) is 0.588. The van der Waals surface area contributed by atoms with Crippen LogP contribution in [0.4, 0.5) is 0 Å². The molecule has 19 heteroatoms. The van der Waals surface area contributed by atoms with Crippen LogP contribution < -0.4 is 27.0 Å². The zero-order chi connectivity index (χ0) is 40.2. The number of nitrogens with zero attached hydrogens (tertiary/aromatic N) is 1. The highest BCUT2D eigenvalue weighted by atomic mass is 79.9. The van der Waals surface area contributed by atoms with Crippen LogP contribution in [-0.4, -0.2) is 110 Å². The third-order valence-electron chi connectivity index (χ3n) is 8.46. The highest BCUT2D eigenvalue weighted by Crippen LogP contribution is 2.25. The molecule has 1 aliphatic rings. The average molecular weight is 832 g/mol. The van der Waals surface area contributed by atoms with E-state index in [4.69, 9.17) is 27.5 Å². The van der Waals surface area contributed by atoms with Crippen molar-refractivity contribution in [3.63, 3.8) is 0 Å². The Balaban J connectivity index is 2.39. The SMILES string of the molecule is CC(C)C[C@H](NC(=O)[C@@H](NC(=O)[C@@H](N)CCC(=O)O)C(C)C)C(=O)N[C@@H](Cc1ccc(Br)c(Cl)c1)C(=O)N1CCC[C@@H]1C(=O)N[C@@H](CC(=O)O)C(=O)O. The lowest BCUT2D eigenvalue weighted by molar-refractivity contribution is -0.148. The molecule has 0 bridgehead atoms. The molecule has 6 atom stereocenters. The molecule has 0 aromatic heterocycles. The number of carboxylic acid groups (broad SMARTS) is 3. The minimum atomic E-state index is -1.74. The Kier molecular flexibility index (Phi) is 17.6. The Morgan fingerprint density at radius 1 is 0.887 bits per heavy atom. The summed E-state index contributed by atoms with van der Waals surface area (Å²) >= 11 is 9.62. The molecule has 0 unspecified atom stereocenters.